The molecule has 110 valence electrons. The first-order valence-corrected chi connectivity index (χ1v) is 9.76. The van der Waals surface area contributed by atoms with E-state index in [-0.39, 0.29) is 0 Å². The van der Waals surface area contributed by atoms with Crippen LogP contribution in [0.2, 0.25) is 0 Å². The van der Waals surface area contributed by atoms with Crippen LogP contribution in [0.25, 0.3) is 0 Å². The van der Waals surface area contributed by atoms with E-state index in [4.69, 9.17) is 4.74 Å². The lowest BCUT2D eigenvalue weighted by atomic mass is 10.0. The number of benzene rings is 1. The van der Waals surface area contributed by atoms with E-state index in [9.17, 15) is 0 Å². The first-order chi connectivity index (χ1) is 9.86. The van der Waals surface area contributed by atoms with Crippen LogP contribution in [0.15, 0.2) is 24.3 Å². The van der Waals surface area contributed by atoms with Crippen molar-refractivity contribution in [2.75, 3.05) is 23.8 Å². The molecule has 1 saturated heterocycles. The normalized spacial score (nSPS) is 24.4. The highest BCUT2D eigenvalue weighted by Crippen LogP contribution is 2.34. The third-order valence-corrected chi connectivity index (χ3v) is 6.57. The maximum Gasteiger partial charge on any atom is 0.119 e. The fourth-order valence-electron chi connectivity index (χ4n) is 2.51. The van der Waals surface area contributed by atoms with Crippen molar-refractivity contribution in [3.8, 4) is 5.75 Å². The second kappa shape index (κ2) is 7.10. The molecule has 0 bridgehead atoms. The van der Waals surface area contributed by atoms with E-state index in [1.165, 1.54) is 35.7 Å². The SMILES string of the molecule is CCNC(c1ccc(OC2CC2)cc1)C1CSCCS1. The molecule has 2 nitrogen and oxygen atoms in total. The molecule has 0 aromatic heterocycles. The van der Waals surface area contributed by atoms with Crippen LogP contribution in [-0.4, -0.2) is 35.2 Å². The first-order valence-electron chi connectivity index (χ1n) is 7.56. The van der Waals surface area contributed by atoms with Crippen LogP contribution in [0.3, 0.4) is 0 Å². The third-order valence-electron chi connectivity index (χ3n) is 3.70. The highest BCUT2D eigenvalue weighted by molar-refractivity contribution is 8.06. The molecule has 2 unspecified atom stereocenters. The van der Waals surface area contributed by atoms with Crippen molar-refractivity contribution in [3.63, 3.8) is 0 Å². The molecular weight excluding hydrogens is 286 g/mol. The number of rotatable bonds is 6. The predicted octanol–water partition coefficient (Wildman–Crippen LogP) is 3.73. The molecule has 0 amide bonds. The average Bonchev–Trinajstić information content (AvgIpc) is 3.31. The Labute approximate surface area is 130 Å². The molecule has 1 aliphatic carbocycles. The number of hydrogen-bond acceptors (Lipinski definition) is 4. The number of ether oxygens (including phenoxy) is 1. The van der Waals surface area contributed by atoms with Gasteiger partial charge in [-0.3, -0.25) is 0 Å². The quantitative estimate of drug-likeness (QED) is 0.864. The van der Waals surface area contributed by atoms with Crippen LogP contribution < -0.4 is 10.1 Å². The van der Waals surface area contributed by atoms with Gasteiger partial charge in [-0.15, -0.1) is 0 Å². The Morgan fingerprint density at radius 2 is 2.05 bits per heavy atom. The minimum absolute atomic E-state index is 0.466. The number of thioether (sulfide) groups is 2. The predicted molar refractivity (Wildman–Crippen MR) is 90.1 cm³/mol. The summed E-state index contributed by atoms with van der Waals surface area (Å²) in [5.41, 5.74) is 1.40. The molecule has 20 heavy (non-hydrogen) atoms. The van der Waals surface area contributed by atoms with Crippen molar-refractivity contribution < 1.29 is 4.74 Å². The van der Waals surface area contributed by atoms with Gasteiger partial charge >= 0.3 is 0 Å². The Morgan fingerprint density at radius 1 is 1.25 bits per heavy atom. The summed E-state index contributed by atoms with van der Waals surface area (Å²) < 4.78 is 5.84. The standard InChI is InChI=1S/C16H23NOS2/c1-2-17-16(15-11-19-9-10-20-15)12-3-5-13(6-4-12)18-14-7-8-14/h3-6,14-17H,2,7-11H2,1H3. The van der Waals surface area contributed by atoms with Crippen molar-refractivity contribution in [2.45, 2.75) is 37.2 Å². The molecule has 2 aliphatic rings. The van der Waals surface area contributed by atoms with Crippen LogP contribution >= 0.6 is 23.5 Å². The molecule has 0 spiro atoms. The van der Waals surface area contributed by atoms with Crippen molar-refractivity contribution in [3.05, 3.63) is 29.8 Å². The summed E-state index contributed by atoms with van der Waals surface area (Å²) in [6.07, 6.45) is 2.92. The van der Waals surface area contributed by atoms with Gasteiger partial charge in [-0.2, -0.15) is 23.5 Å². The Hall–Kier alpha value is -0.320. The highest BCUT2D eigenvalue weighted by Gasteiger charge is 2.26. The Bertz CT molecular complexity index is 413. The van der Waals surface area contributed by atoms with Gasteiger partial charge in [-0.05, 0) is 37.1 Å². The maximum absolute atomic E-state index is 5.84. The molecule has 3 rings (SSSR count). The van der Waals surface area contributed by atoms with Crippen molar-refractivity contribution in [2.24, 2.45) is 0 Å². The fraction of sp³-hybridized carbons (Fsp3) is 0.625. The number of nitrogens with one attached hydrogen (secondary N) is 1. The summed E-state index contributed by atoms with van der Waals surface area (Å²) in [6, 6.07) is 9.22. The van der Waals surface area contributed by atoms with Crippen LogP contribution in [0, 0.1) is 0 Å². The smallest absolute Gasteiger partial charge is 0.119 e. The molecule has 1 aliphatic heterocycles. The topological polar surface area (TPSA) is 21.3 Å². The van der Waals surface area contributed by atoms with E-state index >= 15 is 0 Å². The molecule has 1 heterocycles. The fourth-order valence-corrected chi connectivity index (χ4v) is 5.38. The molecular formula is C16H23NOS2. The molecule has 0 radical (unpaired) electrons. The molecule has 1 N–H and O–H groups in total. The monoisotopic (exact) mass is 309 g/mol. The Morgan fingerprint density at radius 3 is 2.65 bits per heavy atom. The van der Waals surface area contributed by atoms with Gasteiger partial charge in [0.2, 0.25) is 0 Å². The van der Waals surface area contributed by atoms with E-state index in [0.29, 0.717) is 17.4 Å². The van der Waals surface area contributed by atoms with Crippen molar-refractivity contribution in [1.82, 2.24) is 5.32 Å². The van der Waals surface area contributed by atoms with Gasteiger partial charge in [-0.25, -0.2) is 0 Å². The van der Waals surface area contributed by atoms with E-state index in [0.717, 1.165) is 12.3 Å². The van der Waals surface area contributed by atoms with Crippen LogP contribution in [-0.2, 0) is 0 Å². The second-order valence-corrected chi connectivity index (χ2v) is 7.90. The lowest BCUT2D eigenvalue weighted by Crippen LogP contribution is -2.33. The van der Waals surface area contributed by atoms with Crippen molar-refractivity contribution in [1.29, 1.82) is 0 Å². The van der Waals surface area contributed by atoms with Crippen LogP contribution in [0.1, 0.15) is 31.4 Å². The van der Waals surface area contributed by atoms with Crippen LogP contribution in [0.5, 0.6) is 5.75 Å². The van der Waals surface area contributed by atoms with Crippen LogP contribution in [0.4, 0.5) is 0 Å². The van der Waals surface area contributed by atoms with Gasteiger partial charge in [0.15, 0.2) is 0 Å². The Kier molecular flexibility index (Phi) is 5.19. The molecule has 1 saturated carbocycles. The minimum atomic E-state index is 0.466. The molecule has 1 aromatic rings. The largest absolute Gasteiger partial charge is 0.490 e. The van der Waals surface area contributed by atoms with Gasteiger partial charge in [0.05, 0.1) is 6.10 Å². The lowest BCUT2D eigenvalue weighted by Gasteiger charge is -2.30. The lowest BCUT2D eigenvalue weighted by molar-refractivity contribution is 0.303. The molecule has 2 fully saturated rings. The first kappa shape index (κ1) is 14.6. The summed E-state index contributed by atoms with van der Waals surface area (Å²) >= 11 is 4.20. The summed E-state index contributed by atoms with van der Waals surface area (Å²) in [5, 5.41) is 4.35. The second-order valence-electron chi connectivity index (χ2n) is 5.41. The molecule has 2 atom stereocenters. The summed E-state index contributed by atoms with van der Waals surface area (Å²) in [6.45, 7) is 3.21. The van der Waals surface area contributed by atoms with Crippen molar-refractivity contribution >= 4 is 23.5 Å². The average molecular weight is 310 g/mol. The van der Waals surface area contributed by atoms with Gasteiger partial charge in [0.25, 0.3) is 0 Å². The van der Waals surface area contributed by atoms with E-state index in [1.807, 2.05) is 0 Å². The summed E-state index contributed by atoms with van der Waals surface area (Å²) in [4.78, 5) is 0. The maximum atomic E-state index is 5.84. The zero-order valence-electron chi connectivity index (χ0n) is 12.0. The molecule has 1 aromatic carbocycles. The van der Waals surface area contributed by atoms with Gasteiger partial charge in [0.1, 0.15) is 5.75 Å². The summed E-state index contributed by atoms with van der Waals surface area (Å²) in [7, 11) is 0. The van der Waals surface area contributed by atoms with Gasteiger partial charge < -0.3 is 10.1 Å². The van der Waals surface area contributed by atoms with E-state index < -0.39 is 0 Å². The zero-order chi connectivity index (χ0) is 13.8. The van der Waals surface area contributed by atoms with E-state index in [2.05, 4.69) is 60.0 Å². The Balaban J connectivity index is 1.68. The minimum Gasteiger partial charge on any atom is -0.490 e. The van der Waals surface area contributed by atoms with Gasteiger partial charge in [-0.1, -0.05) is 19.1 Å². The zero-order valence-corrected chi connectivity index (χ0v) is 13.6. The highest BCUT2D eigenvalue weighted by atomic mass is 32.2. The third kappa shape index (κ3) is 3.86. The molecule has 4 heteroatoms. The number of hydrogen-bond donors (Lipinski definition) is 1. The summed E-state index contributed by atoms with van der Waals surface area (Å²) in [5.74, 6) is 4.86. The van der Waals surface area contributed by atoms with E-state index in [1.54, 1.807) is 0 Å². The van der Waals surface area contributed by atoms with Gasteiger partial charge in [0, 0.05) is 28.6 Å².